The fraction of sp³-hybridized carbons (Fsp3) is 0.333. The molecule has 1 aromatic carbocycles. The van der Waals surface area contributed by atoms with Gasteiger partial charge in [0, 0.05) is 11.6 Å². The number of anilines is 1. The molecular formula is C15H15Cl2N3O3S. The van der Waals surface area contributed by atoms with Crippen LogP contribution < -0.4 is 5.32 Å². The predicted molar refractivity (Wildman–Crippen MR) is 93.7 cm³/mol. The molecule has 2 heterocycles. The number of halogens is 2. The zero-order valence-corrected chi connectivity index (χ0v) is 15.1. The Balaban J connectivity index is 1.85. The third kappa shape index (κ3) is 3.58. The summed E-state index contributed by atoms with van der Waals surface area (Å²) < 4.78 is 25.0. The Morgan fingerprint density at radius 1 is 1.29 bits per heavy atom. The molecule has 0 saturated carbocycles. The Morgan fingerprint density at radius 3 is 2.67 bits per heavy atom. The van der Waals surface area contributed by atoms with E-state index in [9.17, 15) is 13.2 Å². The summed E-state index contributed by atoms with van der Waals surface area (Å²) >= 11 is 11.8. The zero-order chi connectivity index (χ0) is 17.5. The fourth-order valence-corrected chi connectivity index (χ4v) is 4.67. The maximum Gasteiger partial charge on any atom is 0.256 e. The Hall–Kier alpha value is -1.57. The van der Waals surface area contributed by atoms with E-state index < -0.39 is 9.84 Å². The van der Waals surface area contributed by atoms with Crippen LogP contribution in [0.4, 0.5) is 5.82 Å². The van der Waals surface area contributed by atoms with Gasteiger partial charge in [0.15, 0.2) is 9.84 Å². The van der Waals surface area contributed by atoms with Gasteiger partial charge in [0.25, 0.3) is 5.91 Å². The highest BCUT2D eigenvalue weighted by molar-refractivity contribution is 7.91. The Morgan fingerprint density at radius 2 is 2.04 bits per heavy atom. The van der Waals surface area contributed by atoms with E-state index >= 15 is 0 Å². The van der Waals surface area contributed by atoms with Crippen LogP contribution in [-0.4, -0.2) is 35.6 Å². The Labute approximate surface area is 149 Å². The molecule has 1 unspecified atom stereocenters. The van der Waals surface area contributed by atoms with E-state index in [4.69, 9.17) is 23.2 Å². The molecule has 1 N–H and O–H groups in total. The molecule has 3 rings (SSSR count). The number of aryl methyl sites for hydroxylation is 1. The van der Waals surface area contributed by atoms with Gasteiger partial charge in [-0.25, -0.2) is 13.1 Å². The van der Waals surface area contributed by atoms with Gasteiger partial charge in [-0.2, -0.15) is 5.10 Å². The second kappa shape index (κ2) is 6.38. The lowest BCUT2D eigenvalue weighted by molar-refractivity contribution is 0.102. The Kier molecular flexibility index (Phi) is 4.59. The lowest BCUT2D eigenvalue weighted by Gasteiger charge is -2.14. The molecule has 1 atom stereocenters. The van der Waals surface area contributed by atoms with Gasteiger partial charge in [0.1, 0.15) is 5.82 Å². The number of nitrogens with one attached hydrogen (secondary N) is 1. The van der Waals surface area contributed by atoms with Gasteiger partial charge in [-0.05, 0) is 31.5 Å². The van der Waals surface area contributed by atoms with Crippen LogP contribution in [0.5, 0.6) is 0 Å². The average molecular weight is 388 g/mol. The first kappa shape index (κ1) is 17.3. The van der Waals surface area contributed by atoms with Crippen molar-refractivity contribution in [3.8, 4) is 0 Å². The monoisotopic (exact) mass is 387 g/mol. The smallest absolute Gasteiger partial charge is 0.256 e. The first-order valence-corrected chi connectivity index (χ1v) is 9.86. The topological polar surface area (TPSA) is 81.1 Å². The van der Waals surface area contributed by atoms with E-state index in [1.54, 1.807) is 29.8 Å². The van der Waals surface area contributed by atoms with Gasteiger partial charge in [-0.1, -0.05) is 23.2 Å². The van der Waals surface area contributed by atoms with Crippen LogP contribution in [-0.2, 0) is 9.84 Å². The molecule has 1 aliphatic rings. The van der Waals surface area contributed by atoms with Gasteiger partial charge >= 0.3 is 0 Å². The van der Waals surface area contributed by atoms with Crippen molar-refractivity contribution >= 4 is 44.8 Å². The third-order valence-electron chi connectivity index (χ3n) is 3.84. The van der Waals surface area contributed by atoms with E-state index in [0.29, 0.717) is 28.5 Å². The van der Waals surface area contributed by atoms with Crippen molar-refractivity contribution in [3.63, 3.8) is 0 Å². The zero-order valence-electron chi connectivity index (χ0n) is 12.8. The molecule has 0 aliphatic carbocycles. The predicted octanol–water partition coefficient (Wildman–Crippen LogP) is 3.11. The lowest BCUT2D eigenvalue weighted by atomic mass is 10.2. The average Bonchev–Trinajstić information content (AvgIpc) is 3.04. The molecular weight excluding hydrogens is 373 g/mol. The quantitative estimate of drug-likeness (QED) is 0.876. The summed E-state index contributed by atoms with van der Waals surface area (Å²) in [6, 6.07) is 6.03. The summed E-state index contributed by atoms with van der Waals surface area (Å²) in [5.41, 5.74) is 1.05. The standard InChI is InChI=1S/C15H15Cl2N3O3S/c1-9-6-14(20(19-9)11-4-5-24(22,23)8-11)18-15(21)10-2-3-12(16)13(17)7-10/h2-3,6-7,11H,4-5,8H2,1H3,(H,18,21). The highest BCUT2D eigenvalue weighted by Crippen LogP contribution is 2.28. The molecule has 2 aromatic rings. The maximum atomic E-state index is 12.4. The van der Waals surface area contributed by atoms with Crippen molar-refractivity contribution in [1.29, 1.82) is 0 Å². The first-order valence-electron chi connectivity index (χ1n) is 7.28. The van der Waals surface area contributed by atoms with Crippen molar-refractivity contribution in [2.75, 3.05) is 16.8 Å². The second-order valence-corrected chi connectivity index (χ2v) is 8.80. The number of aromatic nitrogens is 2. The molecule has 1 saturated heterocycles. The van der Waals surface area contributed by atoms with E-state index in [1.165, 1.54) is 6.07 Å². The number of nitrogens with zero attached hydrogens (tertiary/aromatic N) is 2. The molecule has 9 heteroatoms. The van der Waals surface area contributed by atoms with Gasteiger partial charge in [-0.3, -0.25) is 4.79 Å². The summed E-state index contributed by atoms with van der Waals surface area (Å²) in [7, 11) is -3.05. The SMILES string of the molecule is Cc1cc(NC(=O)c2ccc(Cl)c(Cl)c2)n(C2CCS(=O)(=O)C2)n1. The number of hydrogen-bond donors (Lipinski definition) is 1. The third-order valence-corrected chi connectivity index (χ3v) is 6.32. The summed E-state index contributed by atoms with van der Waals surface area (Å²) in [4.78, 5) is 12.4. The minimum atomic E-state index is -3.05. The lowest BCUT2D eigenvalue weighted by Crippen LogP contribution is -2.19. The molecule has 0 bridgehead atoms. The number of benzene rings is 1. The van der Waals surface area contributed by atoms with Gasteiger partial charge in [0.05, 0.1) is 33.3 Å². The second-order valence-electron chi connectivity index (χ2n) is 5.76. The van der Waals surface area contributed by atoms with Crippen molar-refractivity contribution in [1.82, 2.24) is 9.78 Å². The molecule has 0 radical (unpaired) electrons. The molecule has 24 heavy (non-hydrogen) atoms. The number of sulfone groups is 1. The molecule has 6 nitrogen and oxygen atoms in total. The summed E-state index contributed by atoms with van der Waals surface area (Å²) in [6.45, 7) is 1.79. The highest BCUT2D eigenvalue weighted by Gasteiger charge is 2.31. The van der Waals surface area contributed by atoms with Crippen LogP contribution in [0.3, 0.4) is 0 Å². The van der Waals surface area contributed by atoms with E-state index in [2.05, 4.69) is 10.4 Å². The van der Waals surface area contributed by atoms with Crippen molar-refractivity contribution < 1.29 is 13.2 Å². The van der Waals surface area contributed by atoms with Gasteiger partial charge < -0.3 is 5.32 Å². The van der Waals surface area contributed by atoms with Crippen LogP contribution >= 0.6 is 23.2 Å². The summed E-state index contributed by atoms with van der Waals surface area (Å²) in [5.74, 6) is 0.266. The van der Waals surface area contributed by atoms with Crippen LogP contribution in [0.1, 0.15) is 28.5 Å². The van der Waals surface area contributed by atoms with Crippen LogP contribution in [0, 0.1) is 6.92 Å². The normalized spacial score (nSPS) is 19.4. The molecule has 1 fully saturated rings. The largest absolute Gasteiger partial charge is 0.307 e. The van der Waals surface area contributed by atoms with Crippen LogP contribution in [0.25, 0.3) is 0 Å². The van der Waals surface area contributed by atoms with Crippen molar-refractivity contribution in [3.05, 3.63) is 45.6 Å². The molecule has 1 aliphatic heterocycles. The molecule has 1 amide bonds. The van der Waals surface area contributed by atoms with Crippen molar-refractivity contribution in [2.24, 2.45) is 0 Å². The highest BCUT2D eigenvalue weighted by atomic mass is 35.5. The van der Waals surface area contributed by atoms with Crippen molar-refractivity contribution in [2.45, 2.75) is 19.4 Å². The van der Waals surface area contributed by atoms with E-state index in [0.717, 1.165) is 0 Å². The molecule has 0 spiro atoms. The van der Waals surface area contributed by atoms with Gasteiger partial charge in [0.2, 0.25) is 0 Å². The summed E-state index contributed by atoms with van der Waals surface area (Å²) in [5, 5.41) is 7.74. The van der Waals surface area contributed by atoms with Crippen LogP contribution in [0.2, 0.25) is 10.0 Å². The minimum absolute atomic E-state index is 0.0315. The van der Waals surface area contributed by atoms with E-state index in [1.807, 2.05) is 0 Å². The Bertz CT molecular complexity index is 909. The number of amides is 1. The summed E-state index contributed by atoms with van der Waals surface area (Å²) in [6.07, 6.45) is 0.485. The number of carbonyl (C=O) groups excluding carboxylic acids is 1. The van der Waals surface area contributed by atoms with Crippen LogP contribution in [0.15, 0.2) is 24.3 Å². The number of rotatable bonds is 3. The van der Waals surface area contributed by atoms with E-state index in [-0.39, 0.29) is 28.5 Å². The number of carbonyl (C=O) groups is 1. The maximum absolute atomic E-state index is 12.4. The van der Waals surface area contributed by atoms with Gasteiger partial charge in [-0.15, -0.1) is 0 Å². The molecule has 128 valence electrons. The molecule has 1 aromatic heterocycles. The number of hydrogen-bond acceptors (Lipinski definition) is 4. The first-order chi connectivity index (χ1) is 11.2. The minimum Gasteiger partial charge on any atom is -0.307 e. The fourth-order valence-electron chi connectivity index (χ4n) is 2.68.